The van der Waals surface area contributed by atoms with Gasteiger partial charge in [0.05, 0.1) is 13.2 Å². The first kappa shape index (κ1) is 11.0. The van der Waals surface area contributed by atoms with Gasteiger partial charge in [0.2, 0.25) is 5.88 Å². The van der Waals surface area contributed by atoms with E-state index in [1.54, 1.807) is 24.6 Å². The smallest absolute Gasteiger partial charge is 0.214 e. The Morgan fingerprint density at radius 3 is 3.00 bits per heavy atom. The van der Waals surface area contributed by atoms with E-state index in [4.69, 9.17) is 4.74 Å². The second-order valence-electron chi connectivity index (χ2n) is 3.47. The van der Waals surface area contributed by atoms with Crippen LogP contribution in [0.5, 0.6) is 5.88 Å². The summed E-state index contributed by atoms with van der Waals surface area (Å²) >= 11 is 1.75. The van der Waals surface area contributed by atoms with Crippen LogP contribution in [0.4, 0.5) is 5.69 Å². The maximum absolute atomic E-state index is 5.08. The number of hydrogen-bond donors (Lipinski definition) is 1. The summed E-state index contributed by atoms with van der Waals surface area (Å²) in [6.07, 6.45) is 1.74. The van der Waals surface area contributed by atoms with Gasteiger partial charge in [-0.25, -0.2) is 4.98 Å². The minimum absolute atomic E-state index is 0.298. The van der Waals surface area contributed by atoms with E-state index < -0.39 is 0 Å². The molecule has 0 aliphatic carbocycles. The minimum atomic E-state index is 0.298. The zero-order valence-corrected chi connectivity index (χ0v) is 10.1. The van der Waals surface area contributed by atoms with Crippen molar-refractivity contribution in [3.8, 4) is 5.88 Å². The number of methoxy groups -OCH3 is 1. The number of ether oxygens (including phenoxy) is 1. The number of hydrogen-bond acceptors (Lipinski definition) is 4. The largest absolute Gasteiger partial charge is 0.481 e. The number of nitrogens with zero attached hydrogens (tertiary/aromatic N) is 1. The van der Waals surface area contributed by atoms with Gasteiger partial charge in [0.1, 0.15) is 0 Å². The summed E-state index contributed by atoms with van der Waals surface area (Å²) < 4.78 is 5.08. The normalized spacial score (nSPS) is 12.1. The highest BCUT2D eigenvalue weighted by atomic mass is 32.1. The summed E-state index contributed by atoms with van der Waals surface area (Å²) in [5.74, 6) is 0.628. The van der Waals surface area contributed by atoms with Gasteiger partial charge < -0.3 is 10.1 Å². The summed E-state index contributed by atoms with van der Waals surface area (Å²) in [7, 11) is 1.62. The summed E-state index contributed by atoms with van der Waals surface area (Å²) in [5, 5.41) is 5.49. The van der Waals surface area contributed by atoms with Crippen LogP contribution in [-0.4, -0.2) is 12.1 Å². The number of rotatable bonds is 4. The van der Waals surface area contributed by atoms with Crippen molar-refractivity contribution in [1.82, 2.24) is 4.98 Å². The van der Waals surface area contributed by atoms with E-state index in [0.717, 1.165) is 5.69 Å². The SMILES string of the molecule is COc1cc(NC(C)c2cccs2)ccn1. The third-order valence-electron chi connectivity index (χ3n) is 2.30. The third-order valence-corrected chi connectivity index (χ3v) is 3.35. The lowest BCUT2D eigenvalue weighted by Gasteiger charge is -2.13. The molecule has 0 radical (unpaired) electrons. The number of anilines is 1. The molecule has 16 heavy (non-hydrogen) atoms. The van der Waals surface area contributed by atoms with Gasteiger partial charge in [0.15, 0.2) is 0 Å². The molecule has 0 amide bonds. The van der Waals surface area contributed by atoms with Gasteiger partial charge in [-0.05, 0) is 24.4 Å². The Bertz CT molecular complexity index is 442. The quantitative estimate of drug-likeness (QED) is 0.881. The predicted molar refractivity (Wildman–Crippen MR) is 67.1 cm³/mol. The predicted octanol–water partition coefficient (Wildman–Crippen LogP) is 3.32. The molecule has 3 nitrogen and oxygen atoms in total. The number of pyridine rings is 1. The molecule has 1 N–H and O–H groups in total. The van der Waals surface area contributed by atoms with E-state index >= 15 is 0 Å². The molecule has 0 spiro atoms. The molecule has 1 unspecified atom stereocenters. The van der Waals surface area contributed by atoms with Gasteiger partial charge in [-0.3, -0.25) is 0 Å². The molecule has 84 valence electrons. The van der Waals surface area contributed by atoms with Crippen LogP contribution in [-0.2, 0) is 0 Å². The van der Waals surface area contributed by atoms with Crippen molar-refractivity contribution in [2.75, 3.05) is 12.4 Å². The van der Waals surface area contributed by atoms with E-state index in [1.165, 1.54) is 4.88 Å². The molecule has 2 aromatic heterocycles. The van der Waals surface area contributed by atoms with Gasteiger partial charge in [0, 0.05) is 22.8 Å². The lowest BCUT2D eigenvalue weighted by Crippen LogP contribution is -2.04. The summed E-state index contributed by atoms with van der Waals surface area (Å²) in [6, 6.07) is 8.31. The van der Waals surface area contributed by atoms with Crippen LogP contribution in [0.1, 0.15) is 17.8 Å². The Balaban J connectivity index is 2.08. The monoisotopic (exact) mass is 234 g/mol. The molecule has 2 heterocycles. The highest BCUT2D eigenvalue weighted by molar-refractivity contribution is 7.10. The van der Waals surface area contributed by atoms with Gasteiger partial charge in [0.25, 0.3) is 0 Å². The summed E-state index contributed by atoms with van der Waals surface area (Å²) in [5.41, 5.74) is 1.02. The Labute approximate surface area is 99.1 Å². The fourth-order valence-corrected chi connectivity index (χ4v) is 2.20. The first-order chi connectivity index (χ1) is 7.79. The van der Waals surface area contributed by atoms with Crippen LogP contribution in [0.25, 0.3) is 0 Å². The highest BCUT2D eigenvalue weighted by Gasteiger charge is 2.06. The average Bonchev–Trinajstić information content (AvgIpc) is 2.83. The second kappa shape index (κ2) is 4.99. The van der Waals surface area contributed by atoms with Crippen LogP contribution >= 0.6 is 11.3 Å². The summed E-state index contributed by atoms with van der Waals surface area (Å²) in [4.78, 5) is 5.38. The lowest BCUT2D eigenvalue weighted by molar-refractivity contribution is 0.398. The van der Waals surface area contributed by atoms with Gasteiger partial charge in [-0.15, -0.1) is 11.3 Å². The lowest BCUT2D eigenvalue weighted by atomic mass is 10.2. The van der Waals surface area contributed by atoms with Crippen LogP contribution in [0, 0.1) is 0 Å². The topological polar surface area (TPSA) is 34.1 Å². The first-order valence-electron chi connectivity index (χ1n) is 5.09. The molecular formula is C12H14N2OS. The number of thiophene rings is 1. The van der Waals surface area contributed by atoms with E-state index in [9.17, 15) is 0 Å². The van der Waals surface area contributed by atoms with Gasteiger partial charge in [-0.2, -0.15) is 0 Å². The molecule has 0 saturated heterocycles. The molecule has 0 aliphatic heterocycles. The molecule has 1 atom stereocenters. The van der Waals surface area contributed by atoms with Crippen LogP contribution in [0.2, 0.25) is 0 Å². The fourth-order valence-electron chi connectivity index (χ4n) is 1.47. The van der Waals surface area contributed by atoms with E-state index in [-0.39, 0.29) is 0 Å². The van der Waals surface area contributed by atoms with Crippen LogP contribution < -0.4 is 10.1 Å². The molecular weight excluding hydrogens is 220 g/mol. The Kier molecular flexibility index (Phi) is 3.41. The molecule has 0 aliphatic rings. The Morgan fingerprint density at radius 1 is 1.44 bits per heavy atom. The van der Waals surface area contributed by atoms with E-state index in [2.05, 4.69) is 34.7 Å². The highest BCUT2D eigenvalue weighted by Crippen LogP contribution is 2.24. The Morgan fingerprint density at radius 2 is 2.31 bits per heavy atom. The number of nitrogens with one attached hydrogen (secondary N) is 1. The second-order valence-corrected chi connectivity index (χ2v) is 4.45. The van der Waals surface area contributed by atoms with Crippen molar-refractivity contribution in [1.29, 1.82) is 0 Å². The molecule has 0 aromatic carbocycles. The molecule has 0 bridgehead atoms. The molecule has 0 saturated carbocycles. The molecule has 2 aromatic rings. The van der Waals surface area contributed by atoms with E-state index in [0.29, 0.717) is 11.9 Å². The van der Waals surface area contributed by atoms with Crippen molar-refractivity contribution in [2.45, 2.75) is 13.0 Å². The standard InChI is InChI=1S/C12H14N2OS/c1-9(11-4-3-7-16-11)14-10-5-6-13-12(8-10)15-2/h3-9H,1-2H3,(H,13,14). The van der Waals surface area contributed by atoms with Gasteiger partial charge in [-0.1, -0.05) is 6.07 Å². The summed E-state index contributed by atoms with van der Waals surface area (Å²) in [6.45, 7) is 2.14. The maximum atomic E-state index is 5.08. The number of aromatic nitrogens is 1. The van der Waals surface area contributed by atoms with Crippen molar-refractivity contribution in [2.24, 2.45) is 0 Å². The van der Waals surface area contributed by atoms with E-state index in [1.807, 2.05) is 12.1 Å². The molecule has 0 fully saturated rings. The van der Waals surface area contributed by atoms with Crippen molar-refractivity contribution in [3.05, 3.63) is 40.7 Å². The average molecular weight is 234 g/mol. The molecule has 2 rings (SSSR count). The zero-order valence-electron chi connectivity index (χ0n) is 9.31. The zero-order chi connectivity index (χ0) is 11.4. The van der Waals surface area contributed by atoms with Crippen molar-refractivity contribution in [3.63, 3.8) is 0 Å². The first-order valence-corrected chi connectivity index (χ1v) is 5.97. The third kappa shape index (κ3) is 2.52. The van der Waals surface area contributed by atoms with Crippen molar-refractivity contribution >= 4 is 17.0 Å². The van der Waals surface area contributed by atoms with Crippen LogP contribution in [0.3, 0.4) is 0 Å². The van der Waals surface area contributed by atoms with Crippen LogP contribution in [0.15, 0.2) is 35.8 Å². The minimum Gasteiger partial charge on any atom is -0.481 e. The van der Waals surface area contributed by atoms with Crippen molar-refractivity contribution < 1.29 is 4.74 Å². The van der Waals surface area contributed by atoms with Gasteiger partial charge >= 0.3 is 0 Å². The maximum Gasteiger partial charge on any atom is 0.214 e. The molecule has 4 heteroatoms. The Hall–Kier alpha value is -1.55. The fraction of sp³-hybridized carbons (Fsp3) is 0.250.